The van der Waals surface area contributed by atoms with E-state index in [-0.39, 0.29) is 12.5 Å². The summed E-state index contributed by atoms with van der Waals surface area (Å²) in [7, 11) is 1.62. The Morgan fingerprint density at radius 2 is 1.91 bits per heavy atom. The molecule has 1 saturated heterocycles. The SMILES string of the molecule is CCCN1C(=O)C(=Cc2ccc(OCC#N)c(OCC)c2)SC1=Nc1ccc(OC)cc1. The molecule has 0 saturated carbocycles. The molecule has 1 aliphatic rings. The molecule has 2 aromatic rings. The van der Waals surface area contributed by atoms with Crippen molar-refractivity contribution in [2.24, 2.45) is 4.99 Å². The zero-order valence-corrected chi connectivity index (χ0v) is 19.1. The summed E-state index contributed by atoms with van der Waals surface area (Å²) in [6, 6.07) is 14.7. The number of thioether (sulfide) groups is 1. The molecule has 0 aromatic heterocycles. The molecule has 0 spiro atoms. The summed E-state index contributed by atoms with van der Waals surface area (Å²) in [5.74, 6) is 1.70. The zero-order chi connectivity index (χ0) is 22.9. The lowest BCUT2D eigenvalue weighted by molar-refractivity contribution is -0.122. The Hall–Kier alpha value is -3.44. The van der Waals surface area contributed by atoms with E-state index in [1.165, 1.54) is 11.8 Å². The van der Waals surface area contributed by atoms with Crippen LogP contribution < -0.4 is 14.2 Å². The number of rotatable bonds is 9. The molecule has 0 aliphatic carbocycles. The van der Waals surface area contributed by atoms with Gasteiger partial charge in [0.1, 0.15) is 11.8 Å². The van der Waals surface area contributed by atoms with Gasteiger partial charge in [0.05, 0.1) is 24.3 Å². The number of hydrogen-bond donors (Lipinski definition) is 0. The Morgan fingerprint density at radius 3 is 2.56 bits per heavy atom. The van der Waals surface area contributed by atoms with Crippen molar-refractivity contribution in [3.8, 4) is 23.3 Å². The predicted octanol–water partition coefficient (Wildman–Crippen LogP) is 5.01. The maximum atomic E-state index is 13.1. The summed E-state index contributed by atoms with van der Waals surface area (Å²) < 4.78 is 16.3. The highest BCUT2D eigenvalue weighted by Gasteiger charge is 2.32. The van der Waals surface area contributed by atoms with Gasteiger partial charge in [-0.25, -0.2) is 4.99 Å². The minimum Gasteiger partial charge on any atom is -0.497 e. The molecule has 1 heterocycles. The number of ether oxygens (including phenoxy) is 3. The third-order valence-electron chi connectivity index (χ3n) is 4.49. The standard InChI is InChI=1S/C24H25N3O4S/c1-4-13-27-23(28)22(32-24(27)26-18-7-9-19(29-3)10-8-18)16-17-6-11-20(31-14-12-25)21(15-17)30-5-2/h6-11,15-16H,4-5,13-14H2,1-3H3. The summed E-state index contributed by atoms with van der Waals surface area (Å²) in [6.07, 6.45) is 2.64. The minimum absolute atomic E-state index is 0.0635. The lowest BCUT2D eigenvalue weighted by Crippen LogP contribution is -2.29. The molecule has 3 rings (SSSR count). The number of carbonyl (C=O) groups is 1. The van der Waals surface area contributed by atoms with Crippen molar-refractivity contribution in [2.75, 3.05) is 26.9 Å². The van der Waals surface area contributed by atoms with Gasteiger partial charge in [0.15, 0.2) is 23.3 Å². The number of aliphatic imine (C=N–C) groups is 1. The Labute approximate surface area is 192 Å². The van der Waals surface area contributed by atoms with Crippen molar-refractivity contribution in [1.29, 1.82) is 5.26 Å². The van der Waals surface area contributed by atoms with E-state index in [0.717, 1.165) is 23.4 Å². The van der Waals surface area contributed by atoms with E-state index in [0.29, 0.717) is 34.7 Å². The number of amidine groups is 1. The van der Waals surface area contributed by atoms with Crippen molar-refractivity contribution in [2.45, 2.75) is 20.3 Å². The molecule has 0 bridgehead atoms. The fraction of sp³-hybridized carbons (Fsp3) is 0.292. The van der Waals surface area contributed by atoms with Crippen molar-refractivity contribution in [3.05, 3.63) is 52.9 Å². The second-order valence-electron chi connectivity index (χ2n) is 6.75. The van der Waals surface area contributed by atoms with Crippen LogP contribution in [0.4, 0.5) is 5.69 Å². The lowest BCUT2D eigenvalue weighted by atomic mass is 10.2. The quantitative estimate of drug-likeness (QED) is 0.498. The molecule has 1 aliphatic heterocycles. The fourth-order valence-corrected chi connectivity index (χ4v) is 4.07. The van der Waals surface area contributed by atoms with Crippen LogP contribution in [0.15, 0.2) is 52.4 Å². The topological polar surface area (TPSA) is 84.2 Å². The molecular weight excluding hydrogens is 426 g/mol. The molecule has 0 N–H and O–H groups in total. The van der Waals surface area contributed by atoms with Gasteiger partial charge in [0, 0.05) is 6.54 Å². The number of methoxy groups -OCH3 is 1. The molecule has 0 atom stereocenters. The molecule has 1 fully saturated rings. The summed E-state index contributed by atoms with van der Waals surface area (Å²) in [4.78, 5) is 20.0. The Bertz CT molecular complexity index is 1060. The average molecular weight is 452 g/mol. The van der Waals surface area contributed by atoms with Crippen molar-refractivity contribution >= 4 is 34.6 Å². The van der Waals surface area contributed by atoms with Crippen LogP contribution >= 0.6 is 11.8 Å². The van der Waals surface area contributed by atoms with Crippen LogP contribution in [0, 0.1) is 11.3 Å². The number of nitriles is 1. The van der Waals surface area contributed by atoms with Crippen molar-refractivity contribution < 1.29 is 19.0 Å². The number of carbonyl (C=O) groups excluding carboxylic acids is 1. The summed E-state index contributed by atoms with van der Waals surface area (Å²) in [5, 5.41) is 9.41. The number of hydrogen-bond acceptors (Lipinski definition) is 7. The number of nitrogens with zero attached hydrogens (tertiary/aromatic N) is 3. The van der Waals surface area contributed by atoms with E-state index >= 15 is 0 Å². The Balaban J connectivity index is 1.90. The Kier molecular flexibility index (Phi) is 8.17. The predicted molar refractivity (Wildman–Crippen MR) is 126 cm³/mol. The number of benzene rings is 2. The van der Waals surface area contributed by atoms with Gasteiger partial charge in [-0.3, -0.25) is 9.69 Å². The fourth-order valence-electron chi connectivity index (χ4n) is 3.04. The molecule has 32 heavy (non-hydrogen) atoms. The van der Waals surface area contributed by atoms with Gasteiger partial charge in [0.2, 0.25) is 0 Å². The zero-order valence-electron chi connectivity index (χ0n) is 18.3. The summed E-state index contributed by atoms with van der Waals surface area (Å²) in [6.45, 7) is 4.88. The van der Waals surface area contributed by atoms with E-state index < -0.39 is 0 Å². The normalized spacial score (nSPS) is 15.8. The van der Waals surface area contributed by atoms with Gasteiger partial charge < -0.3 is 14.2 Å². The highest BCUT2D eigenvalue weighted by Crippen LogP contribution is 2.36. The van der Waals surface area contributed by atoms with Crippen LogP contribution in [0.1, 0.15) is 25.8 Å². The monoisotopic (exact) mass is 451 g/mol. The summed E-state index contributed by atoms with van der Waals surface area (Å²) in [5.41, 5.74) is 1.55. The molecule has 166 valence electrons. The van der Waals surface area contributed by atoms with Crippen LogP contribution in [0.25, 0.3) is 6.08 Å². The Morgan fingerprint density at radius 1 is 1.12 bits per heavy atom. The second-order valence-corrected chi connectivity index (χ2v) is 7.75. The van der Waals surface area contributed by atoms with Crippen molar-refractivity contribution in [1.82, 2.24) is 4.90 Å². The highest BCUT2D eigenvalue weighted by atomic mass is 32.2. The smallest absolute Gasteiger partial charge is 0.266 e. The van der Waals surface area contributed by atoms with Gasteiger partial charge in [0.25, 0.3) is 5.91 Å². The summed E-state index contributed by atoms with van der Waals surface area (Å²) >= 11 is 1.34. The third kappa shape index (κ3) is 5.62. The first kappa shape index (κ1) is 23.2. The average Bonchev–Trinajstić information content (AvgIpc) is 3.08. The van der Waals surface area contributed by atoms with Crippen molar-refractivity contribution in [3.63, 3.8) is 0 Å². The van der Waals surface area contributed by atoms with E-state index in [9.17, 15) is 4.79 Å². The van der Waals surface area contributed by atoms with E-state index in [4.69, 9.17) is 19.5 Å². The first-order valence-corrected chi connectivity index (χ1v) is 11.1. The second kappa shape index (κ2) is 11.3. The molecule has 0 unspecified atom stereocenters. The third-order valence-corrected chi connectivity index (χ3v) is 5.50. The van der Waals surface area contributed by atoms with Crippen LogP contribution in [-0.2, 0) is 4.79 Å². The van der Waals surface area contributed by atoms with Crippen LogP contribution in [0.2, 0.25) is 0 Å². The van der Waals surface area contributed by atoms with Crippen LogP contribution in [0.3, 0.4) is 0 Å². The molecular formula is C24H25N3O4S. The van der Waals surface area contributed by atoms with Gasteiger partial charge in [-0.1, -0.05) is 13.0 Å². The first-order chi connectivity index (χ1) is 15.6. The lowest BCUT2D eigenvalue weighted by Gasteiger charge is -2.14. The van der Waals surface area contributed by atoms with E-state index in [1.54, 1.807) is 24.1 Å². The molecule has 7 nitrogen and oxygen atoms in total. The van der Waals surface area contributed by atoms with Crippen LogP contribution in [0.5, 0.6) is 17.2 Å². The minimum atomic E-state index is -0.0770. The maximum Gasteiger partial charge on any atom is 0.266 e. The van der Waals surface area contributed by atoms with Crippen LogP contribution in [-0.4, -0.2) is 42.8 Å². The largest absolute Gasteiger partial charge is 0.497 e. The number of amides is 1. The molecule has 8 heteroatoms. The van der Waals surface area contributed by atoms with Gasteiger partial charge in [-0.15, -0.1) is 0 Å². The highest BCUT2D eigenvalue weighted by molar-refractivity contribution is 8.18. The van der Waals surface area contributed by atoms with Gasteiger partial charge in [-0.2, -0.15) is 5.26 Å². The molecule has 0 radical (unpaired) electrons. The van der Waals surface area contributed by atoms with Gasteiger partial charge >= 0.3 is 0 Å². The maximum absolute atomic E-state index is 13.1. The van der Waals surface area contributed by atoms with Gasteiger partial charge in [-0.05, 0) is 73.1 Å². The van der Waals surface area contributed by atoms with E-state index in [1.807, 2.05) is 56.3 Å². The first-order valence-electron chi connectivity index (χ1n) is 10.3. The van der Waals surface area contributed by atoms with E-state index in [2.05, 4.69) is 4.99 Å². The molecule has 2 aromatic carbocycles. The molecule has 1 amide bonds.